The van der Waals surface area contributed by atoms with Crippen LogP contribution in [-0.4, -0.2) is 301 Å². The molecule has 3 saturated carbocycles. The van der Waals surface area contributed by atoms with Crippen LogP contribution < -0.4 is 16.0 Å². The maximum absolute atomic E-state index is 15.9. The fourth-order valence-electron chi connectivity index (χ4n) is 17.6. The Kier molecular flexibility index (Phi) is 32.7. The van der Waals surface area contributed by atoms with E-state index in [1.165, 1.54) is 73.6 Å². The number of carbonyl (C=O) groups is 12. The average molecular weight is 1590 g/mol. The number of hydrogen-bond acceptors (Lipinski definition) is 14. The Morgan fingerprint density at radius 3 is 1.80 bits per heavy atom. The second-order valence-corrected chi connectivity index (χ2v) is 33.1. The van der Waals surface area contributed by atoms with Gasteiger partial charge >= 0.3 is 12.4 Å². The lowest BCUT2D eigenvalue weighted by Gasteiger charge is -2.42. The van der Waals surface area contributed by atoms with Crippen LogP contribution in [0.2, 0.25) is 0 Å². The van der Waals surface area contributed by atoms with E-state index in [0.29, 0.717) is 51.4 Å². The van der Waals surface area contributed by atoms with Crippen LogP contribution in [0.4, 0.5) is 35.1 Å². The normalized spacial score (nSPS) is 31.7. The van der Waals surface area contributed by atoms with Crippen LogP contribution in [0.5, 0.6) is 0 Å². The van der Waals surface area contributed by atoms with E-state index in [-0.39, 0.29) is 116 Å². The number of rotatable bonds is 14. The molecular weight excluding hydrogens is 1470 g/mol. The molecule has 2 bridgehead atoms. The lowest BCUT2D eigenvalue weighted by Crippen LogP contribution is -2.64. The summed E-state index contributed by atoms with van der Waals surface area (Å²) in [6.45, 7) is 11.7. The third-order valence-corrected chi connectivity index (χ3v) is 24.3. The van der Waals surface area contributed by atoms with Gasteiger partial charge in [0.1, 0.15) is 72.1 Å². The molecule has 0 aromatic rings. The highest BCUT2D eigenvalue weighted by molar-refractivity contribution is 6.01. The minimum atomic E-state index is -5.22. The van der Waals surface area contributed by atoms with Crippen LogP contribution in [0, 0.1) is 41.4 Å². The minimum Gasteiger partial charge on any atom is -0.378 e. The summed E-state index contributed by atoms with van der Waals surface area (Å²) in [6, 6.07) is -11.4. The SMILES string of the molecule is CCO[C@@H]1C[C@H]2C(=O)NC(C)(C)C(=O)N(C)[C@@H](C3CCCC3)C(=O)N(CC)[C@H](C(=O)N3CCOCC3)CC(=O)N(C)[C@@H](CC(C)C)C(=O)N[C@@H]([C@@H](C)CC)C(=O)N(C)CC(=O)N(C)[C@H]3CCCCCN(C3=O)[C@@H](CC3CCC(C(F)(F)F)CC3)C(=O)N(C)CC(=O)N[C@@H](CCC3CC(F)C(C(F)(F)F)C(F)C3)C(=O)N2C1. The molecule has 630 valence electrons. The van der Waals surface area contributed by atoms with Gasteiger partial charge in [-0.05, 0) is 147 Å². The molecule has 111 heavy (non-hydrogen) atoms. The molecule has 0 aromatic carbocycles. The van der Waals surface area contributed by atoms with Crippen molar-refractivity contribution in [3.8, 4) is 0 Å². The van der Waals surface area contributed by atoms with Gasteiger partial charge in [0.2, 0.25) is 70.9 Å². The Labute approximate surface area is 647 Å². The van der Waals surface area contributed by atoms with E-state index in [9.17, 15) is 40.7 Å². The highest BCUT2D eigenvalue weighted by Crippen LogP contribution is 2.45. The molecule has 7 fully saturated rings. The quantitative estimate of drug-likeness (QED) is 0.155. The second-order valence-electron chi connectivity index (χ2n) is 33.1. The van der Waals surface area contributed by atoms with Gasteiger partial charge in [0.15, 0.2) is 0 Å². The Morgan fingerprint density at radius 1 is 0.613 bits per heavy atom. The van der Waals surface area contributed by atoms with E-state index in [1.807, 2.05) is 13.8 Å². The maximum Gasteiger partial charge on any atom is 0.397 e. The number of alkyl halides is 8. The fraction of sp³-hybridized carbons (Fsp3) is 0.844. The third-order valence-electron chi connectivity index (χ3n) is 24.3. The molecule has 0 aromatic heterocycles. The molecule has 4 heterocycles. The summed E-state index contributed by atoms with van der Waals surface area (Å²) in [4.78, 5) is 193. The number of carbonyl (C=O) groups excluding carboxylic acids is 12. The summed E-state index contributed by atoms with van der Waals surface area (Å²) in [6.07, 6.45) is -16.0. The molecule has 34 heteroatoms. The number of morpholine rings is 1. The molecule has 4 aliphatic heterocycles. The van der Waals surface area contributed by atoms with Crippen molar-refractivity contribution in [1.82, 2.24) is 60.0 Å². The maximum atomic E-state index is 15.9. The number of fused-ring (bicyclic) bond motifs is 3. The van der Waals surface area contributed by atoms with Gasteiger partial charge in [-0.1, -0.05) is 59.8 Å². The largest absolute Gasteiger partial charge is 0.397 e. The molecule has 7 aliphatic rings. The molecular formula is C77H122F8N12O14. The molecule has 26 nitrogen and oxygen atoms in total. The zero-order chi connectivity index (χ0) is 82.5. The van der Waals surface area contributed by atoms with Crippen molar-refractivity contribution in [2.24, 2.45) is 41.4 Å². The van der Waals surface area contributed by atoms with E-state index in [2.05, 4.69) is 16.0 Å². The summed E-state index contributed by atoms with van der Waals surface area (Å²) in [5.41, 5.74) is -1.92. The standard InChI is InChI=1S/C77H122F8N12O14/c1-14-46(6)64-72(107)90(10)44-62(100)91(11)55-24-18-17-21-31-96(71(55)106)58(39-47-25-28-50(29-26-47)76(80,81)82)69(104)89(9)43-60(98)86-54(30-27-48-37-52(78)63(53(79)38-48)77(83,84)85)68(103)97-42-51(111-16-3)40-57(97)67(102)88-75(7,8)74(109)93(13)65(49-22-19-20-23-49)73(108)95(15-2)59(70(105)94-32-34-110-35-33-94)41-61(99)92(12)56(36-45(4)5)66(101)87-64/h45-59,63-65H,14-44H2,1-13H3,(H,86,98)(H,87,101)(H,88,102)/t46-,47?,48?,50?,51+,52?,53?,54-,55-,56-,57-,58-,59-,63?,64-,65-/m0/s1. The van der Waals surface area contributed by atoms with E-state index < -0.39 is 230 Å². The van der Waals surface area contributed by atoms with Gasteiger partial charge in [-0.25, -0.2) is 8.78 Å². The monoisotopic (exact) mass is 1590 g/mol. The van der Waals surface area contributed by atoms with Crippen molar-refractivity contribution in [3.63, 3.8) is 0 Å². The van der Waals surface area contributed by atoms with Crippen LogP contribution in [0.3, 0.4) is 0 Å². The molecule has 0 spiro atoms. The molecule has 3 N–H and O–H groups in total. The number of hydrogen-bond donors (Lipinski definition) is 3. The van der Waals surface area contributed by atoms with Crippen LogP contribution >= 0.6 is 0 Å². The van der Waals surface area contributed by atoms with E-state index >= 15 is 51.9 Å². The number of halogens is 8. The summed E-state index contributed by atoms with van der Waals surface area (Å²) >= 11 is 0. The average Bonchev–Trinajstić information content (AvgIpc) is 1.62. The summed E-state index contributed by atoms with van der Waals surface area (Å²) < 4.78 is 127. The third kappa shape index (κ3) is 23.2. The predicted octanol–water partition coefficient (Wildman–Crippen LogP) is 6.59. The number of amides is 12. The van der Waals surface area contributed by atoms with Crippen molar-refractivity contribution >= 4 is 70.9 Å². The first-order valence-electron chi connectivity index (χ1n) is 40.1. The van der Waals surface area contributed by atoms with Gasteiger partial charge < -0.3 is 69.5 Å². The van der Waals surface area contributed by atoms with Crippen molar-refractivity contribution < 1.29 is 102 Å². The van der Waals surface area contributed by atoms with Gasteiger partial charge in [0.25, 0.3) is 0 Å². The highest BCUT2D eigenvalue weighted by atomic mass is 19.4. The first-order valence-corrected chi connectivity index (χ1v) is 40.1. The number of ether oxygens (including phenoxy) is 2. The topological polar surface area (TPSA) is 289 Å². The minimum absolute atomic E-state index is 0.00423. The Hall–Kier alpha value is -7.00. The van der Waals surface area contributed by atoms with Gasteiger partial charge in [-0.3, -0.25) is 57.5 Å². The van der Waals surface area contributed by atoms with Gasteiger partial charge in [0.05, 0.1) is 44.7 Å². The molecule has 0 radical (unpaired) electrons. The van der Waals surface area contributed by atoms with E-state index in [4.69, 9.17) is 9.47 Å². The Bertz CT molecular complexity index is 3230. The highest BCUT2D eigenvalue weighted by Gasteiger charge is 2.55. The summed E-state index contributed by atoms with van der Waals surface area (Å²) in [5.74, 6) is -17.1. The molecule has 12 atom stereocenters. The zero-order valence-corrected chi connectivity index (χ0v) is 67.1. The smallest absolute Gasteiger partial charge is 0.378 e. The second kappa shape index (κ2) is 39.8. The lowest BCUT2D eigenvalue weighted by atomic mass is 9.76. The Morgan fingerprint density at radius 2 is 1.23 bits per heavy atom. The molecule has 3 aliphatic carbocycles. The molecule has 2 unspecified atom stereocenters. The summed E-state index contributed by atoms with van der Waals surface area (Å²) in [7, 11) is 6.69. The van der Waals surface area contributed by atoms with Crippen molar-refractivity contribution in [3.05, 3.63) is 0 Å². The van der Waals surface area contributed by atoms with Crippen molar-refractivity contribution in [2.45, 2.75) is 275 Å². The van der Waals surface area contributed by atoms with Gasteiger partial charge in [0, 0.05) is 81.0 Å². The lowest BCUT2D eigenvalue weighted by molar-refractivity contribution is -0.219. The van der Waals surface area contributed by atoms with Crippen LogP contribution in [-0.2, 0) is 67.0 Å². The van der Waals surface area contributed by atoms with Gasteiger partial charge in [-0.2, -0.15) is 26.3 Å². The van der Waals surface area contributed by atoms with Crippen molar-refractivity contribution in [2.75, 3.05) is 101 Å². The van der Waals surface area contributed by atoms with Crippen LogP contribution in [0.1, 0.15) is 190 Å². The van der Waals surface area contributed by atoms with Crippen molar-refractivity contribution in [1.29, 1.82) is 0 Å². The van der Waals surface area contributed by atoms with Crippen LogP contribution in [0.25, 0.3) is 0 Å². The molecule has 12 amide bonds. The number of likely N-dealkylation sites (N-methyl/N-ethyl adjacent to an activating group) is 6. The Balaban J connectivity index is 1.33. The summed E-state index contributed by atoms with van der Waals surface area (Å²) in [5, 5.41) is 8.29. The van der Waals surface area contributed by atoms with E-state index in [1.54, 1.807) is 27.7 Å². The van der Waals surface area contributed by atoms with Gasteiger partial charge in [-0.15, -0.1) is 0 Å². The van der Waals surface area contributed by atoms with Crippen LogP contribution in [0.15, 0.2) is 0 Å². The molecule has 7 rings (SSSR count). The number of nitrogens with one attached hydrogen (secondary N) is 3. The predicted molar refractivity (Wildman–Crippen MR) is 392 cm³/mol. The first-order chi connectivity index (χ1) is 52.1. The first kappa shape index (κ1) is 91.2. The molecule has 4 saturated heterocycles. The van der Waals surface area contributed by atoms with E-state index in [0.717, 1.165) is 19.6 Å². The number of nitrogens with zero attached hydrogens (tertiary/aromatic N) is 9. The fourth-order valence-corrected chi connectivity index (χ4v) is 17.6. The zero-order valence-electron chi connectivity index (χ0n) is 67.1.